The van der Waals surface area contributed by atoms with Crippen LogP contribution in [0.3, 0.4) is 0 Å². The van der Waals surface area contributed by atoms with Crippen LogP contribution >= 0.6 is 0 Å². The van der Waals surface area contributed by atoms with Gasteiger partial charge in [0.15, 0.2) is 6.29 Å². The van der Waals surface area contributed by atoms with Gasteiger partial charge in [-0.2, -0.15) is 0 Å². The molecule has 2 fully saturated rings. The van der Waals surface area contributed by atoms with E-state index in [9.17, 15) is 30.0 Å². The van der Waals surface area contributed by atoms with Crippen LogP contribution in [0.25, 0.3) is 0 Å². The molecule has 0 saturated carbocycles. The standard InChI is InChI=1S/C17H24O11/c1-6-11-7(3-10(19)26-6)8(15(23)24-2)5-25-16(11)28-17-14(22)13(21)12(20)9(4-18)27-17/h5-7,9,11-14,16-18,20-22H,3-4H2,1-2H3/t6-,7+,9+,11+,12+,13-,14+,16-,17-/m0/s1. The molecule has 4 N–H and O–H groups in total. The number of rotatable bonds is 4. The number of cyclic esters (lactones) is 1. The van der Waals surface area contributed by atoms with Gasteiger partial charge in [0.1, 0.15) is 30.5 Å². The molecular weight excluding hydrogens is 380 g/mol. The van der Waals surface area contributed by atoms with Gasteiger partial charge >= 0.3 is 11.9 Å². The number of esters is 2. The summed E-state index contributed by atoms with van der Waals surface area (Å²) in [6, 6.07) is 0. The molecular formula is C17H24O11. The summed E-state index contributed by atoms with van der Waals surface area (Å²) < 4.78 is 26.5. The number of aliphatic hydroxyl groups excluding tert-OH is 4. The molecule has 0 radical (unpaired) electrons. The third-order valence-electron chi connectivity index (χ3n) is 5.29. The van der Waals surface area contributed by atoms with Gasteiger partial charge in [0, 0.05) is 5.92 Å². The van der Waals surface area contributed by atoms with Gasteiger partial charge in [-0.05, 0) is 6.92 Å². The van der Waals surface area contributed by atoms with Crippen molar-refractivity contribution in [2.45, 2.75) is 56.4 Å². The van der Waals surface area contributed by atoms with Gasteiger partial charge in [-0.1, -0.05) is 0 Å². The molecule has 0 aromatic heterocycles. The largest absolute Gasteiger partial charge is 0.471 e. The predicted molar refractivity (Wildman–Crippen MR) is 87.0 cm³/mol. The number of aliphatic hydroxyl groups is 4. The molecule has 0 spiro atoms. The SMILES string of the molecule is COC(=O)C1=CO[C@@H](O[C@@H]2O[C@H](CO)[C@@H](O)[C@H](O)[C@H]2O)[C@@H]2[C@H](C)OC(=O)C[C@H]12. The summed E-state index contributed by atoms with van der Waals surface area (Å²) in [6.45, 7) is 1.00. The van der Waals surface area contributed by atoms with E-state index in [4.69, 9.17) is 23.7 Å². The van der Waals surface area contributed by atoms with E-state index in [0.29, 0.717) is 0 Å². The molecule has 3 heterocycles. The molecule has 11 nitrogen and oxygen atoms in total. The van der Waals surface area contributed by atoms with Crippen LogP contribution in [0.2, 0.25) is 0 Å². The highest BCUT2D eigenvalue weighted by Gasteiger charge is 2.51. The molecule has 0 amide bonds. The lowest BCUT2D eigenvalue weighted by Gasteiger charge is -2.45. The summed E-state index contributed by atoms with van der Waals surface area (Å²) in [5.41, 5.74) is 0.157. The van der Waals surface area contributed by atoms with Crippen LogP contribution in [0.4, 0.5) is 0 Å². The summed E-state index contributed by atoms with van der Waals surface area (Å²) in [7, 11) is 1.21. The number of fused-ring (bicyclic) bond motifs is 1. The third-order valence-corrected chi connectivity index (χ3v) is 5.29. The van der Waals surface area contributed by atoms with Crippen molar-refractivity contribution in [1.29, 1.82) is 0 Å². The summed E-state index contributed by atoms with van der Waals surface area (Å²) in [5.74, 6) is -2.36. The van der Waals surface area contributed by atoms with Crippen LogP contribution in [-0.2, 0) is 33.3 Å². The average molecular weight is 404 g/mol. The lowest BCUT2D eigenvalue weighted by Crippen LogP contribution is -2.61. The maximum Gasteiger partial charge on any atom is 0.337 e. The zero-order chi connectivity index (χ0) is 20.6. The topological polar surface area (TPSA) is 161 Å². The Balaban J connectivity index is 1.82. The highest BCUT2D eigenvalue weighted by Crippen LogP contribution is 2.41. The smallest absolute Gasteiger partial charge is 0.337 e. The molecule has 0 aromatic rings. The van der Waals surface area contributed by atoms with Crippen molar-refractivity contribution < 1.29 is 53.7 Å². The van der Waals surface area contributed by atoms with Gasteiger partial charge in [-0.15, -0.1) is 0 Å². The molecule has 0 aromatic carbocycles. The molecule has 2 saturated heterocycles. The first-order valence-corrected chi connectivity index (χ1v) is 8.87. The summed E-state index contributed by atoms with van der Waals surface area (Å²) in [6.07, 6.45) is -8.08. The second-order valence-electron chi connectivity index (χ2n) is 6.99. The first kappa shape index (κ1) is 21.0. The second-order valence-corrected chi connectivity index (χ2v) is 6.99. The van der Waals surface area contributed by atoms with E-state index in [-0.39, 0.29) is 12.0 Å². The number of carbonyl (C=O) groups is 2. The normalized spacial score (nSPS) is 43.3. The number of ether oxygens (including phenoxy) is 5. The van der Waals surface area contributed by atoms with Crippen molar-refractivity contribution in [3.63, 3.8) is 0 Å². The van der Waals surface area contributed by atoms with Gasteiger partial charge < -0.3 is 44.1 Å². The maximum absolute atomic E-state index is 12.0. The fraction of sp³-hybridized carbons (Fsp3) is 0.765. The van der Waals surface area contributed by atoms with Crippen LogP contribution in [0.5, 0.6) is 0 Å². The molecule has 3 rings (SSSR count). The van der Waals surface area contributed by atoms with Gasteiger partial charge in [-0.25, -0.2) is 4.79 Å². The minimum Gasteiger partial charge on any atom is -0.471 e. The van der Waals surface area contributed by atoms with Gasteiger partial charge in [0.2, 0.25) is 6.29 Å². The highest BCUT2D eigenvalue weighted by molar-refractivity contribution is 5.90. The van der Waals surface area contributed by atoms with Crippen LogP contribution in [-0.4, -0.2) is 89.2 Å². The van der Waals surface area contributed by atoms with E-state index in [1.807, 2.05) is 0 Å². The lowest BCUT2D eigenvalue weighted by atomic mass is 9.77. The van der Waals surface area contributed by atoms with Crippen LogP contribution in [0, 0.1) is 11.8 Å². The first-order valence-electron chi connectivity index (χ1n) is 8.87. The van der Waals surface area contributed by atoms with E-state index in [2.05, 4.69) is 0 Å². The second kappa shape index (κ2) is 8.31. The molecule has 158 valence electrons. The third kappa shape index (κ3) is 3.73. The van der Waals surface area contributed by atoms with Crippen molar-refractivity contribution in [3.8, 4) is 0 Å². The minimum absolute atomic E-state index is 0.0894. The monoisotopic (exact) mass is 404 g/mol. The van der Waals surface area contributed by atoms with E-state index in [0.717, 1.165) is 6.26 Å². The Labute approximate surface area is 160 Å². The van der Waals surface area contributed by atoms with Crippen molar-refractivity contribution in [2.24, 2.45) is 11.8 Å². The van der Waals surface area contributed by atoms with E-state index < -0.39 is 73.5 Å². The summed E-state index contributed by atoms with van der Waals surface area (Å²) in [5, 5.41) is 39.2. The molecule has 28 heavy (non-hydrogen) atoms. The Bertz CT molecular complexity index is 633. The summed E-state index contributed by atoms with van der Waals surface area (Å²) in [4.78, 5) is 23.9. The Hall–Kier alpha value is -1.76. The highest BCUT2D eigenvalue weighted by atomic mass is 16.8. The molecule has 0 unspecified atom stereocenters. The molecule has 0 bridgehead atoms. The van der Waals surface area contributed by atoms with E-state index >= 15 is 0 Å². The molecule has 3 aliphatic rings. The Morgan fingerprint density at radius 1 is 1.21 bits per heavy atom. The van der Waals surface area contributed by atoms with Crippen LogP contribution in [0.15, 0.2) is 11.8 Å². The van der Waals surface area contributed by atoms with Crippen LogP contribution < -0.4 is 0 Å². The number of carbonyl (C=O) groups excluding carboxylic acids is 2. The summed E-state index contributed by atoms with van der Waals surface area (Å²) >= 11 is 0. The minimum atomic E-state index is -1.62. The quantitative estimate of drug-likeness (QED) is 0.376. The fourth-order valence-corrected chi connectivity index (χ4v) is 3.78. The molecule has 11 heteroatoms. The Morgan fingerprint density at radius 2 is 1.93 bits per heavy atom. The fourth-order valence-electron chi connectivity index (χ4n) is 3.78. The predicted octanol–water partition coefficient (Wildman–Crippen LogP) is -2.22. The number of methoxy groups -OCH3 is 1. The van der Waals surface area contributed by atoms with Crippen molar-refractivity contribution >= 4 is 11.9 Å². The number of hydrogen-bond acceptors (Lipinski definition) is 11. The van der Waals surface area contributed by atoms with Gasteiger partial charge in [0.25, 0.3) is 0 Å². The first-order chi connectivity index (χ1) is 13.3. The van der Waals surface area contributed by atoms with Crippen molar-refractivity contribution in [3.05, 3.63) is 11.8 Å². The Kier molecular flexibility index (Phi) is 6.22. The molecule has 9 atom stereocenters. The zero-order valence-electron chi connectivity index (χ0n) is 15.3. The van der Waals surface area contributed by atoms with Crippen LogP contribution in [0.1, 0.15) is 13.3 Å². The lowest BCUT2D eigenvalue weighted by molar-refractivity contribution is -0.346. The van der Waals surface area contributed by atoms with E-state index in [1.165, 1.54) is 7.11 Å². The Morgan fingerprint density at radius 3 is 2.57 bits per heavy atom. The van der Waals surface area contributed by atoms with Crippen molar-refractivity contribution in [2.75, 3.05) is 13.7 Å². The van der Waals surface area contributed by atoms with Gasteiger partial charge in [0.05, 0.1) is 37.9 Å². The molecule has 0 aliphatic carbocycles. The number of hydrogen-bond donors (Lipinski definition) is 4. The zero-order valence-corrected chi connectivity index (χ0v) is 15.3. The maximum atomic E-state index is 12.0. The van der Waals surface area contributed by atoms with Gasteiger partial charge in [-0.3, -0.25) is 4.79 Å². The average Bonchev–Trinajstić information content (AvgIpc) is 2.67. The van der Waals surface area contributed by atoms with E-state index in [1.54, 1.807) is 6.92 Å². The van der Waals surface area contributed by atoms with Crippen molar-refractivity contribution in [1.82, 2.24) is 0 Å². The molecule has 3 aliphatic heterocycles.